The third-order valence-electron chi connectivity index (χ3n) is 2.47. The van der Waals surface area contributed by atoms with Crippen LogP contribution in [0.4, 0.5) is 0 Å². The second-order valence-corrected chi connectivity index (χ2v) is 4.28. The number of esters is 1. The summed E-state index contributed by atoms with van der Waals surface area (Å²) in [5.41, 5.74) is 0. The van der Waals surface area contributed by atoms with E-state index in [9.17, 15) is 4.79 Å². The Bertz CT molecular complexity index is 198. The number of methoxy groups -OCH3 is 1. The van der Waals surface area contributed by atoms with Crippen molar-refractivity contribution in [1.29, 1.82) is 0 Å². The molecule has 0 spiro atoms. The van der Waals surface area contributed by atoms with Crippen molar-refractivity contribution >= 4 is 5.97 Å². The maximum atomic E-state index is 11.3. The standard InChI is InChI=1S/C11H25N3O2/c1-12-10(11(15)16-5)9-14(4)8-6-7-13(2)3/h10,12H,6-9H2,1-5H3. The Kier molecular flexibility index (Phi) is 8.15. The molecule has 16 heavy (non-hydrogen) atoms. The van der Waals surface area contributed by atoms with Gasteiger partial charge in [-0.3, -0.25) is 4.79 Å². The number of nitrogens with one attached hydrogen (secondary N) is 1. The van der Waals surface area contributed by atoms with Crippen LogP contribution in [0.15, 0.2) is 0 Å². The quantitative estimate of drug-likeness (QED) is 0.578. The van der Waals surface area contributed by atoms with Crippen molar-refractivity contribution in [3.05, 3.63) is 0 Å². The fourth-order valence-corrected chi connectivity index (χ4v) is 1.49. The van der Waals surface area contributed by atoms with E-state index in [2.05, 4.69) is 29.2 Å². The number of hydrogen-bond donors (Lipinski definition) is 1. The molecule has 0 bridgehead atoms. The molecule has 5 heteroatoms. The first-order chi connectivity index (χ1) is 7.51. The lowest BCUT2D eigenvalue weighted by Crippen LogP contribution is -2.44. The molecule has 0 aromatic rings. The minimum absolute atomic E-state index is 0.207. The molecule has 1 atom stereocenters. The Hall–Kier alpha value is -0.650. The maximum Gasteiger partial charge on any atom is 0.324 e. The highest BCUT2D eigenvalue weighted by Gasteiger charge is 2.18. The zero-order chi connectivity index (χ0) is 12.6. The molecule has 0 aliphatic carbocycles. The largest absolute Gasteiger partial charge is 0.468 e. The minimum Gasteiger partial charge on any atom is -0.468 e. The van der Waals surface area contributed by atoms with E-state index in [0.29, 0.717) is 6.54 Å². The third-order valence-corrected chi connectivity index (χ3v) is 2.47. The van der Waals surface area contributed by atoms with Crippen LogP contribution in [0.2, 0.25) is 0 Å². The molecule has 0 aliphatic heterocycles. The average Bonchev–Trinajstić information content (AvgIpc) is 2.24. The molecule has 0 aliphatic rings. The summed E-state index contributed by atoms with van der Waals surface area (Å²) in [6, 6.07) is -0.241. The lowest BCUT2D eigenvalue weighted by molar-refractivity contribution is -0.143. The van der Waals surface area contributed by atoms with Crippen LogP contribution < -0.4 is 5.32 Å². The van der Waals surface area contributed by atoms with Crippen LogP contribution in [0, 0.1) is 0 Å². The molecule has 0 saturated carbocycles. The third kappa shape index (κ3) is 6.76. The molecule has 0 radical (unpaired) electrons. The van der Waals surface area contributed by atoms with Gasteiger partial charge in [0.25, 0.3) is 0 Å². The molecule has 0 amide bonds. The van der Waals surface area contributed by atoms with Gasteiger partial charge in [0.05, 0.1) is 7.11 Å². The Morgan fingerprint density at radius 3 is 2.38 bits per heavy atom. The second kappa shape index (κ2) is 8.50. The monoisotopic (exact) mass is 231 g/mol. The zero-order valence-corrected chi connectivity index (χ0v) is 11.1. The molecule has 0 heterocycles. The molecule has 1 N–H and O–H groups in total. The molecule has 0 rings (SSSR count). The zero-order valence-electron chi connectivity index (χ0n) is 11.1. The van der Waals surface area contributed by atoms with Crippen molar-refractivity contribution in [2.45, 2.75) is 12.5 Å². The maximum absolute atomic E-state index is 11.3. The molecular formula is C11H25N3O2. The van der Waals surface area contributed by atoms with Gasteiger partial charge in [0, 0.05) is 6.54 Å². The first kappa shape index (κ1) is 15.3. The van der Waals surface area contributed by atoms with Crippen molar-refractivity contribution in [1.82, 2.24) is 15.1 Å². The molecule has 1 unspecified atom stereocenters. The number of nitrogens with zero attached hydrogens (tertiary/aromatic N) is 2. The van der Waals surface area contributed by atoms with Crippen LogP contribution in [-0.4, -0.2) is 76.7 Å². The van der Waals surface area contributed by atoms with Crippen LogP contribution >= 0.6 is 0 Å². The molecule has 0 aromatic heterocycles. The van der Waals surface area contributed by atoms with Crippen LogP contribution in [0.5, 0.6) is 0 Å². The van der Waals surface area contributed by atoms with E-state index in [4.69, 9.17) is 4.74 Å². The summed E-state index contributed by atoms with van der Waals surface area (Å²) in [6.45, 7) is 2.72. The molecule has 0 saturated heterocycles. The normalized spacial score (nSPS) is 13.2. The Morgan fingerprint density at radius 1 is 1.31 bits per heavy atom. The van der Waals surface area contributed by atoms with Crippen molar-refractivity contribution < 1.29 is 9.53 Å². The molecular weight excluding hydrogens is 206 g/mol. The highest BCUT2D eigenvalue weighted by molar-refractivity contribution is 5.75. The van der Waals surface area contributed by atoms with Crippen LogP contribution in [0.1, 0.15) is 6.42 Å². The number of rotatable bonds is 8. The van der Waals surface area contributed by atoms with Gasteiger partial charge in [-0.15, -0.1) is 0 Å². The first-order valence-corrected chi connectivity index (χ1v) is 5.59. The Labute approximate surface area is 98.7 Å². The van der Waals surface area contributed by atoms with Crippen molar-refractivity contribution in [3.63, 3.8) is 0 Å². The van der Waals surface area contributed by atoms with Crippen LogP contribution in [0.3, 0.4) is 0 Å². The smallest absolute Gasteiger partial charge is 0.324 e. The Balaban J connectivity index is 3.82. The van der Waals surface area contributed by atoms with E-state index >= 15 is 0 Å². The van der Waals surface area contributed by atoms with E-state index in [1.807, 2.05) is 7.05 Å². The van der Waals surface area contributed by atoms with Crippen molar-refractivity contribution in [2.24, 2.45) is 0 Å². The number of ether oxygens (including phenoxy) is 1. The van der Waals surface area contributed by atoms with Gasteiger partial charge in [-0.25, -0.2) is 0 Å². The number of likely N-dealkylation sites (N-methyl/N-ethyl adjacent to an activating group) is 2. The molecule has 0 aromatic carbocycles. The molecule has 0 fully saturated rings. The van der Waals surface area contributed by atoms with E-state index in [1.54, 1.807) is 7.05 Å². The van der Waals surface area contributed by atoms with Crippen LogP contribution in [0.25, 0.3) is 0 Å². The lowest BCUT2D eigenvalue weighted by atomic mass is 10.2. The van der Waals surface area contributed by atoms with E-state index in [1.165, 1.54) is 7.11 Å². The minimum atomic E-state index is -0.241. The van der Waals surface area contributed by atoms with Gasteiger partial charge in [-0.2, -0.15) is 0 Å². The lowest BCUT2D eigenvalue weighted by Gasteiger charge is -2.22. The fourth-order valence-electron chi connectivity index (χ4n) is 1.49. The van der Waals surface area contributed by atoms with Crippen molar-refractivity contribution in [3.8, 4) is 0 Å². The van der Waals surface area contributed by atoms with Gasteiger partial charge in [0.1, 0.15) is 6.04 Å². The predicted octanol–water partition coefficient (Wildman–Crippen LogP) is -0.369. The fraction of sp³-hybridized carbons (Fsp3) is 0.909. The molecule has 5 nitrogen and oxygen atoms in total. The summed E-state index contributed by atoms with van der Waals surface area (Å²) >= 11 is 0. The highest BCUT2D eigenvalue weighted by Crippen LogP contribution is 1.94. The van der Waals surface area contributed by atoms with Crippen LogP contribution in [-0.2, 0) is 9.53 Å². The Morgan fingerprint density at radius 2 is 1.94 bits per heavy atom. The average molecular weight is 231 g/mol. The summed E-state index contributed by atoms with van der Waals surface area (Å²) < 4.78 is 4.71. The second-order valence-electron chi connectivity index (χ2n) is 4.28. The van der Waals surface area contributed by atoms with Gasteiger partial charge in [0.15, 0.2) is 0 Å². The number of hydrogen-bond acceptors (Lipinski definition) is 5. The van der Waals surface area contributed by atoms with Gasteiger partial charge in [0.2, 0.25) is 0 Å². The van der Waals surface area contributed by atoms with Gasteiger partial charge < -0.3 is 19.9 Å². The topological polar surface area (TPSA) is 44.8 Å². The highest BCUT2D eigenvalue weighted by atomic mass is 16.5. The summed E-state index contributed by atoms with van der Waals surface area (Å²) in [7, 11) is 9.33. The first-order valence-electron chi connectivity index (χ1n) is 5.59. The van der Waals surface area contributed by atoms with E-state index < -0.39 is 0 Å². The summed E-state index contributed by atoms with van der Waals surface area (Å²) in [6.07, 6.45) is 1.10. The van der Waals surface area contributed by atoms with E-state index in [0.717, 1.165) is 19.5 Å². The van der Waals surface area contributed by atoms with Gasteiger partial charge in [-0.05, 0) is 47.7 Å². The van der Waals surface area contributed by atoms with Gasteiger partial charge in [-0.1, -0.05) is 0 Å². The summed E-state index contributed by atoms with van der Waals surface area (Å²) in [4.78, 5) is 15.6. The number of carbonyl (C=O) groups is 1. The number of carbonyl (C=O) groups excluding carboxylic acids is 1. The summed E-state index contributed by atoms with van der Waals surface area (Å²) in [5, 5.41) is 2.96. The van der Waals surface area contributed by atoms with E-state index in [-0.39, 0.29) is 12.0 Å². The SMILES string of the molecule is CNC(CN(C)CCCN(C)C)C(=O)OC. The predicted molar refractivity (Wildman–Crippen MR) is 65.5 cm³/mol. The summed E-state index contributed by atoms with van der Waals surface area (Å²) in [5.74, 6) is -0.207. The van der Waals surface area contributed by atoms with Crippen molar-refractivity contribution in [2.75, 3.05) is 54.9 Å². The molecule has 96 valence electrons. The van der Waals surface area contributed by atoms with Gasteiger partial charge >= 0.3 is 5.97 Å².